The highest BCUT2D eigenvalue weighted by Gasteiger charge is 2.18. The van der Waals surface area contributed by atoms with E-state index in [1.807, 2.05) is 42.5 Å². The van der Waals surface area contributed by atoms with E-state index in [2.05, 4.69) is 29.8 Å². The van der Waals surface area contributed by atoms with E-state index in [1.54, 1.807) is 11.3 Å². The van der Waals surface area contributed by atoms with Gasteiger partial charge < -0.3 is 5.32 Å². The molecule has 0 aliphatic carbocycles. The second kappa shape index (κ2) is 9.67. The first-order valence-corrected chi connectivity index (χ1v) is 10.4. The van der Waals surface area contributed by atoms with E-state index in [1.165, 1.54) is 5.56 Å². The predicted octanol–water partition coefficient (Wildman–Crippen LogP) is 5.39. The summed E-state index contributed by atoms with van der Waals surface area (Å²) in [7, 11) is 0. The average Bonchev–Trinajstić information content (AvgIpc) is 3.16. The summed E-state index contributed by atoms with van der Waals surface area (Å²) in [6.45, 7) is 2.09. The summed E-state index contributed by atoms with van der Waals surface area (Å²) in [5.41, 5.74) is 3.33. The lowest BCUT2D eigenvalue weighted by Gasteiger charge is -2.17. The van der Waals surface area contributed by atoms with Crippen LogP contribution in [0.15, 0.2) is 60.0 Å². The van der Waals surface area contributed by atoms with Gasteiger partial charge in [0.15, 0.2) is 0 Å². The second-order valence-electron chi connectivity index (χ2n) is 6.47. The summed E-state index contributed by atoms with van der Waals surface area (Å²) in [6, 6.07) is 17.8. The van der Waals surface area contributed by atoms with Crippen molar-refractivity contribution in [3.8, 4) is 0 Å². The number of aromatic nitrogens is 1. The van der Waals surface area contributed by atoms with Crippen LogP contribution in [-0.4, -0.2) is 10.9 Å². The van der Waals surface area contributed by atoms with Crippen molar-refractivity contribution in [1.82, 2.24) is 10.3 Å². The number of aryl methyl sites for hydroxylation is 2. The van der Waals surface area contributed by atoms with Gasteiger partial charge in [0.1, 0.15) is 5.01 Å². The maximum Gasteiger partial charge on any atom is 0.220 e. The van der Waals surface area contributed by atoms with Crippen molar-refractivity contribution in [2.24, 2.45) is 0 Å². The Labute approximate surface area is 169 Å². The highest BCUT2D eigenvalue weighted by Crippen LogP contribution is 2.23. The Bertz CT molecular complexity index is 879. The molecule has 0 bridgehead atoms. The van der Waals surface area contributed by atoms with E-state index >= 15 is 0 Å². The summed E-state index contributed by atoms with van der Waals surface area (Å²) in [5.74, 6) is 0.0316. The molecule has 3 aromatic rings. The molecule has 0 fully saturated rings. The SMILES string of the molecule is CCc1csc([C@H](Cc2ccccc2)NC(=O)CCc2cccc(Cl)c2)n1. The minimum atomic E-state index is -0.107. The number of hydrogen-bond acceptors (Lipinski definition) is 3. The summed E-state index contributed by atoms with van der Waals surface area (Å²) < 4.78 is 0. The Balaban J connectivity index is 1.67. The molecule has 27 heavy (non-hydrogen) atoms. The van der Waals surface area contributed by atoms with Gasteiger partial charge >= 0.3 is 0 Å². The third-order valence-electron chi connectivity index (χ3n) is 4.38. The number of thiazole rings is 1. The zero-order valence-electron chi connectivity index (χ0n) is 15.3. The van der Waals surface area contributed by atoms with Crippen LogP contribution in [0.4, 0.5) is 0 Å². The molecule has 2 aromatic carbocycles. The molecule has 3 nitrogen and oxygen atoms in total. The van der Waals surface area contributed by atoms with E-state index < -0.39 is 0 Å². The fourth-order valence-electron chi connectivity index (χ4n) is 2.91. The Hall–Kier alpha value is -2.17. The van der Waals surface area contributed by atoms with Crippen LogP contribution in [0.3, 0.4) is 0 Å². The lowest BCUT2D eigenvalue weighted by atomic mass is 10.1. The summed E-state index contributed by atoms with van der Waals surface area (Å²) in [6.07, 6.45) is 2.73. The van der Waals surface area contributed by atoms with Gasteiger partial charge in [-0.25, -0.2) is 4.98 Å². The summed E-state index contributed by atoms with van der Waals surface area (Å²) >= 11 is 7.64. The molecule has 0 saturated carbocycles. The van der Waals surface area contributed by atoms with E-state index in [0.29, 0.717) is 17.9 Å². The minimum Gasteiger partial charge on any atom is -0.347 e. The molecule has 5 heteroatoms. The first-order chi connectivity index (χ1) is 13.1. The fraction of sp³-hybridized carbons (Fsp3) is 0.273. The van der Waals surface area contributed by atoms with Gasteiger partial charge in [0, 0.05) is 16.8 Å². The van der Waals surface area contributed by atoms with Crippen molar-refractivity contribution in [3.05, 3.63) is 86.8 Å². The molecule has 1 heterocycles. The predicted molar refractivity (Wildman–Crippen MR) is 112 cm³/mol. The van der Waals surface area contributed by atoms with E-state index in [9.17, 15) is 4.79 Å². The smallest absolute Gasteiger partial charge is 0.220 e. The number of halogens is 1. The van der Waals surface area contributed by atoms with Crippen LogP contribution in [0.25, 0.3) is 0 Å². The fourth-order valence-corrected chi connectivity index (χ4v) is 4.08. The lowest BCUT2D eigenvalue weighted by Crippen LogP contribution is -2.30. The molecule has 140 valence electrons. The monoisotopic (exact) mass is 398 g/mol. The van der Waals surface area contributed by atoms with E-state index in [0.717, 1.165) is 29.1 Å². The molecule has 1 atom stereocenters. The van der Waals surface area contributed by atoms with Crippen molar-refractivity contribution >= 4 is 28.8 Å². The molecule has 1 aromatic heterocycles. The maximum absolute atomic E-state index is 12.6. The molecule has 0 aliphatic heterocycles. The Morgan fingerprint density at radius 3 is 2.63 bits per heavy atom. The van der Waals surface area contributed by atoms with Crippen LogP contribution in [0, 0.1) is 0 Å². The van der Waals surface area contributed by atoms with Crippen LogP contribution in [0.5, 0.6) is 0 Å². The number of rotatable bonds is 8. The van der Waals surface area contributed by atoms with Crippen molar-refractivity contribution < 1.29 is 4.79 Å². The van der Waals surface area contributed by atoms with Crippen LogP contribution in [0.2, 0.25) is 5.02 Å². The number of amides is 1. The van der Waals surface area contributed by atoms with Crippen LogP contribution < -0.4 is 5.32 Å². The van der Waals surface area contributed by atoms with Gasteiger partial charge in [-0.2, -0.15) is 0 Å². The van der Waals surface area contributed by atoms with Crippen LogP contribution >= 0.6 is 22.9 Å². The molecule has 0 saturated heterocycles. The van der Waals surface area contributed by atoms with Crippen molar-refractivity contribution in [1.29, 1.82) is 0 Å². The van der Waals surface area contributed by atoms with E-state index in [-0.39, 0.29) is 11.9 Å². The first kappa shape index (κ1) is 19.6. The zero-order chi connectivity index (χ0) is 19.1. The Kier molecular flexibility index (Phi) is 7.02. The molecule has 0 unspecified atom stereocenters. The van der Waals surface area contributed by atoms with Gasteiger partial charge in [-0.3, -0.25) is 4.79 Å². The Morgan fingerprint density at radius 2 is 1.93 bits per heavy atom. The molecular weight excluding hydrogens is 376 g/mol. The third-order valence-corrected chi connectivity index (χ3v) is 5.62. The topological polar surface area (TPSA) is 42.0 Å². The van der Waals surface area contributed by atoms with Gasteiger partial charge in [0.25, 0.3) is 0 Å². The number of nitrogens with zero attached hydrogens (tertiary/aromatic N) is 1. The standard InChI is InChI=1S/C22H23ClN2OS/c1-2-19-15-27-22(24-19)20(14-16-7-4-3-5-8-16)25-21(26)12-11-17-9-6-10-18(23)13-17/h3-10,13,15,20H,2,11-12,14H2,1H3,(H,25,26)/t20-/m0/s1. The Morgan fingerprint density at radius 1 is 1.15 bits per heavy atom. The minimum absolute atomic E-state index is 0.0316. The molecule has 0 aliphatic rings. The van der Waals surface area contributed by atoms with Crippen molar-refractivity contribution in [3.63, 3.8) is 0 Å². The van der Waals surface area contributed by atoms with Gasteiger partial charge in [0.05, 0.1) is 11.7 Å². The molecule has 1 N–H and O–H groups in total. The van der Waals surface area contributed by atoms with Crippen LogP contribution in [0.1, 0.15) is 41.2 Å². The molecular formula is C22H23ClN2OS. The normalized spacial score (nSPS) is 11.9. The molecule has 0 radical (unpaired) electrons. The van der Waals surface area contributed by atoms with Gasteiger partial charge in [0.2, 0.25) is 5.91 Å². The largest absolute Gasteiger partial charge is 0.347 e. The third kappa shape index (κ3) is 5.91. The first-order valence-electron chi connectivity index (χ1n) is 9.16. The summed E-state index contributed by atoms with van der Waals surface area (Å²) in [4.78, 5) is 17.3. The maximum atomic E-state index is 12.6. The molecule has 0 spiro atoms. The van der Waals surface area contributed by atoms with E-state index in [4.69, 9.17) is 16.6 Å². The number of benzene rings is 2. The number of nitrogens with one attached hydrogen (secondary N) is 1. The lowest BCUT2D eigenvalue weighted by molar-refractivity contribution is -0.121. The average molecular weight is 399 g/mol. The number of carbonyl (C=O) groups excluding carboxylic acids is 1. The number of carbonyl (C=O) groups is 1. The molecule has 1 amide bonds. The van der Waals surface area contributed by atoms with Crippen LogP contribution in [-0.2, 0) is 24.1 Å². The highest BCUT2D eigenvalue weighted by atomic mass is 35.5. The number of hydrogen-bond donors (Lipinski definition) is 1. The van der Waals surface area contributed by atoms with Gasteiger partial charge in [-0.15, -0.1) is 11.3 Å². The quantitative estimate of drug-likeness (QED) is 0.552. The molecule has 3 rings (SSSR count). The van der Waals surface area contributed by atoms with Gasteiger partial charge in [-0.05, 0) is 42.5 Å². The van der Waals surface area contributed by atoms with Gasteiger partial charge in [-0.1, -0.05) is 61.0 Å². The van der Waals surface area contributed by atoms with Crippen molar-refractivity contribution in [2.75, 3.05) is 0 Å². The zero-order valence-corrected chi connectivity index (χ0v) is 16.9. The highest BCUT2D eigenvalue weighted by molar-refractivity contribution is 7.09. The summed E-state index contributed by atoms with van der Waals surface area (Å²) in [5, 5.41) is 6.92. The van der Waals surface area contributed by atoms with Crippen molar-refractivity contribution in [2.45, 2.75) is 38.6 Å². The second-order valence-corrected chi connectivity index (χ2v) is 7.80.